The average molecular weight is 529 g/mol. The van der Waals surface area contributed by atoms with Gasteiger partial charge in [0.05, 0.1) is 29.6 Å². The fourth-order valence-corrected chi connectivity index (χ4v) is 3.71. The van der Waals surface area contributed by atoms with Crippen molar-refractivity contribution in [1.82, 2.24) is 30.8 Å². The van der Waals surface area contributed by atoms with Gasteiger partial charge in [0.1, 0.15) is 5.69 Å². The van der Waals surface area contributed by atoms with Gasteiger partial charge >= 0.3 is 12.3 Å². The minimum Gasteiger partial charge on any atom is -0.450 e. The predicted octanol–water partition coefficient (Wildman–Crippen LogP) is 5.29. The highest BCUT2D eigenvalue weighted by Crippen LogP contribution is 2.31. The molecule has 0 atom stereocenters. The SMILES string of the molecule is CCCCOC(=O)NCCCNC(=O)c1ccc2[nH]nc(-c3ncc(-c4ccc(C(F)(F)F)cc4)[nH]3)c2c1. The van der Waals surface area contributed by atoms with Crippen LogP contribution in [-0.2, 0) is 10.9 Å². The molecule has 38 heavy (non-hydrogen) atoms. The Hall–Kier alpha value is -4.35. The number of unbranched alkanes of at least 4 members (excludes halogenated alkanes) is 1. The first kappa shape index (κ1) is 26.7. The number of hydrogen-bond acceptors (Lipinski definition) is 5. The van der Waals surface area contributed by atoms with Crippen molar-refractivity contribution in [2.45, 2.75) is 32.4 Å². The molecule has 12 heteroatoms. The van der Waals surface area contributed by atoms with Crippen LogP contribution in [0.2, 0.25) is 0 Å². The molecule has 0 aliphatic carbocycles. The maximum absolute atomic E-state index is 12.8. The summed E-state index contributed by atoms with van der Waals surface area (Å²) in [7, 11) is 0. The van der Waals surface area contributed by atoms with E-state index in [1.165, 1.54) is 18.3 Å². The maximum atomic E-state index is 12.8. The lowest BCUT2D eigenvalue weighted by Gasteiger charge is -2.08. The van der Waals surface area contributed by atoms with Crippen LogP contribution in [0.5, 0.6) is 0 Å². The highest BCUT2D eigenvalue weighted by Gasteiger charge is 2.30. The van der Waals surface area contributed by atoms with Gasteiger partial charge in [0.15, 0.2) is 5.82 Å². The number of benzene rings is 2. The smallest absolute Gasteiger partial charge is 0.416 e. The van der Waals surface area contributed by atoms with E-state index < -0.39 is 17.8 Å². The number of hydrogen-bond donors (Lipinski definition) is 4. The van der Waals surface area contributed by atoms with E-state index in [2.05, 4.69) is 30.8 Å². The molecule has 0 spiro atoms. The molecule has 2 aromatic carbocycles. The van der Waals surface area contributed by atoms with Gasteiger partial charge in [-0.2, -0.15) is 18.3 Å². The summed E-state index contributed by atoms with van der Waals surface area (Å²) in [6.07, 6.45) is -1.07. The Morgan fingerprint density at radius 3 is 2.53 bits per heavy atom. The second-order valence-electron chi connectivity index (χ2n) is 8.58. The van der Waals surface area contributed by atoms with E-state index in [1.807, 2.05) is 6.92 Å². The molecule has 0 fully saturated rings. The van der Waals surface area contributed by atoms with E-state index in [4.69, 9.17) is 4.74 Å². The zero-order chi connectivity index (χ0) is 27.1. The Morgan fingerprint density at radius 1 is 1.03 bits per heavy atom. The number of ether oxygens (including phenoxy) is 1. The molecule has 0 radical (unpaired) electrons. The number of alkyl carbamates (subject to hydrolysis) is 1. The van der Waals surface area contributed by atoms with Gasteiger partial charge < -0.3 is 20.4 Å². The normalized spacial score (nSPS) is 11.5. The first-order valence-electron chi connectivity index (χ1n) is 12.2. The molecule has 2 aromatic heterocycles. The molecular weight excluding hydrogens is 501 g/mol. The van der Waals surface area contributed by atoms with Crippen molar-refractivity contribution in [2.24, 2.45) is 0 Å². The maximum Gasteiger partial charge on any atom is 0.416 e. The monoisotopic (exact) mass is 528 g/mol. The molecule has 0 saturated carbocycles. The number of amides is 2. The molecule has 2 heterocycles. The van der Waals surface area contributed by atoms with Crippen LogP contribution in [0.15, 0.2) is 48.7 Å². The van der Waals surface area contributed by atoms with Crippen LogP contribution in [0, 0.1) is 0 Å². The minimum atomic E-state index is -4.41. The third-order valence-electron chi connectivity index (χ3n) is 5.79. The molecule has 4 N–H and O–H groups in total. The third-order valence-corrected chi connectivity index (χ3v) is 5.79. The van der Waals surface area contributed by atoms with Gasteiger partial charge in [-0.1, -0.05) is 25.5 Å². The second kappa shape index (κ2) is 11.8. The Kier molecular flexibility index (Phi) is 8.29. The number of nitrogens with zero attached hydrogens (tertiary/aromatic N) is 2. The van der Waals surface area contributed by atoms with Crippen molar-refractivity contribution in [2.75, 3.05) is 19.7 Å². The number of fused-ring (bicyclic) bond motifs is 1. The zero-order valence-electron chi connectivity index (χ0n) is 20.6. The number of nitrogens with one attached hydrogen (secondary N) is 4. The number of alkyl halides is 3. The van der Waals surface area contributed by atoms with E-state index >= 15 is 0 Å². The lowest BCUT2D eigenvalue weighted by Crippen LogP contribution is -2.30. The quantitative estimate of drug-likeness (QED) is 0.208. The number of imidazole rings is 1. The Bertz CT molecular complexity index is 1400. The van der Waals surface area contributed by atoms with Gasteiger partial charge in [-0.15, -0.1) is 0 Å². The van der Waals surface area contributed by atoms with Gasteiger partial charge in [-0.25, -0.2) is 9.78 Å². The Labute approximate surface area is 216 Å². The number of carbonyl (C=O) groups is 2. The summed E-state index contributed by atoms with van der Waals surface area (Å²) in [5.74, 6) is 0.120. The highest BCUT2D eigenvalue weighted by molar-refractivity contribution is 6.01. The van der Waals surface area contributed by atoms with Crippen LogP contribution in [0.3, 0.4) is 0 Å². The molecule has 0 saturated heterocycles. The summed E-state index contributed by atoms with van der Waals surface area (Å²) in [5, 5.41) is 13.3. The standard InChI is InChI=1S/C26H27F3N6O3/c1-2-3-13-38-25(37)31-12-4-11-30-24(36)17-7-10-20-19(14-17)22(35-34-20)23-32-15-21(33-23)16-5-8-18(9-6-16)26(27,28)29/h5-10,14-15H,2-4,11-13H2,1H3,(H,30,36)(H,31,37)(H,32,33)(H,34,35). The largest absolute Gasteiger partial charge is 0.450 e. The van der Waals surface area contributed by atoms with Crippen LogP contribution < -0.4 is 10.6 Å². The Balaban J connectivity index is 1.38. The third kappa shape index (κ3) is 6.50. The lowest BCUT2D eigenvalue weighted by atomic mass is 10.1. The van der Waals surface area contributed by atoms with E-state index in [0.29, 0.717) is 65.4 Å². The average Bonchev–Trinajstić information content (AvgIpc) is 3.55. The van der Waals surface area contributed by atoms with Crippen LogP contribution in [0.25, 0.3) is 33.7 Å². The first-order valence-corrected chi connectivity index (χ1v) is 12.2. The summed E-state index contributed by atoms with van der Waals surface area (Å²) < 4.78 is 43.6. The number of halogens is 3. The molecule has 0 bridgehead atoms. The molecule has 4 aromatic rings. The number of aromatic amines is 2. The van der Waals surface area contributed by atoms with E-state index in [1.54, 1.807) is 18.2 Å². The zero-order valence-corrected chi connectivity index (χ0v) is 20.6. The van der Waals surface area contributed by atoms with Crippen molar-refractivity contribution < 1.29 is 27.5 Å². The molecular formula is C26H27F3N6O3. The fourth-order valence-electron chi connectivity index (χ4n) is 3.71. The van der Waals surface area contributed by atoms with Crippen LogP contribution in [-0.4, -0.2) is 51.9 Å². The molecule has 0 unspecified atom stereocenters. The van der Waals surface area contributed by atoms with E-state index in [-0.39, 0.29) is 5.91 Å². The summed E-state index contributed by atoms with van der Waals surface area (Å²) in [6.45, 7) is 3.12. The summed E-state index contributed by atoms with van der Waals surface area (Å²) in [4.78, 5) is 31.6. The molecule has 4 rings (SSSR count). The van der Waals surface area contributed by atoms with Crippen molar-refractivity contribution in [3.63, 3.8) is 0 Å². The van der Waals surface area contributed by atoms with E-state index in [0.717, 1.165) is 25.0 Å². The highest BCUT2D eigenvalue weighted by atomic mass is 19.4. The molecule has 0 aliphatic rings. The summed E-state index contributed by atoms with van der Waals surface area (Å²) in [6, 6.07) is 9.85. The molecule has 9 nitrogen and oxygen atoms in total. The topological polar surface area (TPSA) is 125 Å². The van der Waals surface area contributed by atoms with Gasteiger partial charge in [0.25, 0.3) is 5.91 Å². The van der Waals surface area contributed by atoms with Crippen LogP contribution >= 0.6 is 0 Å². The summed E-state index contributed by atoms with van der Waals surface area (Å²) in [5.41, 5.74) is 1.92. The van der Waals surface area contributed by atoms with Gasteiger partial charge in [-0.05, 0) is 48.7 Å². The molecule has 0 aliphatic heterocycles. The van der Waals surface area contributed by atoms with E-state index in [9.17, 15) is 22.8 Å². The molecule has 200 valence electrons. The number of rotatable bonds is 10. The van der Waals surface area contributed by atoms with Crippen molar-refractivity contribution in [1.29, 1.82) is 0 Å². The van der Waals surface area contributed by atoms with Crippen molar-refractivity contribution in [3.05, 3.63) is 59.8 Å². The Morgan fingerprint density at radius 2 is 1.79 bits per heavy atom. The predicted molar refractivity (Wildman–Crippen MR) is 135 cm³/mol. The first-order chi connectivity index (χ1) is 18.3. The van der Waals surface area contributed by atoms with Crippen LogP contribution in [0.1, 0.15) is 42.1 Å². The number of H-pyrrole nitrogens is 2. The minimum absolute atomic E-state index is 0.283. The van der Waals surface area contributed by atoms with Crippen LogP contribution in [0.4, 0.5) is 18.0 Å². The van der Waals surface area contributed by atoms with Crippen molar-refractivity contribution >= 4 is 22.9 Å². The fraction of sp³-hybridized carbons (Fsp3) is 0.308. The van der Waals surface area contributed by atoms with Gasteiger partial charge in [0.2, 0.25) is 0 Å². The van der Waals surface area contributed by atoms with Gasteiger partial charge in [0, 0.05) is 24.0 Å². The lowest BCUT2D eigenvalue weighted by molar-refractivity contribution is -0.137. The number of aromatic nitrogens is 4. The number of carbonyl (C=O) groups excluding carboxylic acids is 2. The van der Waals surface area contributed by atoms with Crippen molar-refractivity contribution in [3.8, 4) is 22.8 Å². The molecule has 2 amide bonds. The second-order valence-corrected chi connectivity index (χ2v) is 8.58. The summed E-state index contributed by atoms with van der Waals surface area (Å²) >= 11 is 0. The van der Waals surface area contributed by atoms with Gasteiger partial charge in [-0.3, -0.25) is 9.89 Å².